The van der Waals surface area contributed by atoms with E-state index < -0.39 is 0 Å². The summed E-state index contributed by atoms with van der Waals surface area (Å²) in [7, 11) is 0. The van der Waals surface area contributed by atoms with E-state index in [4.69, 9.17) is 11.6 Å². The van der Waals surface area contributed by atoms with E-state index in [0.29, 0.717) is 17.8 Å². The molecule has 1 unspecified atom stereocenters. The Bertz CT molecular complexity index is 323. The number of amides is 1. The minimum absolute atomic E-state index is 0.161. The lowest BCUT2D eigenvalue weighted by Gasteiger charge is -2.43. The van der Waals surface area contributed by atoms with Gasteiger partial charge in [0, 0.05) is 24.4 Å². The van der Waals surface area contributed by atoms with Crippen molar-refractivity contribution in [2.45, 2.75) is 77.7 Å². The first kappa shape index (κ1) is 16.1. The first-order valence-electron chi connectivity index (χ1n) is 8.43. The van der Waals surface area contributed by atoms with Crippen LogP contribution in [0, 0.1) is 11.3 Å². The van der Waals surface area contributed by atoms with Crippen molar-refractivity contribution in [3.05, 3.63) is 0 Å². The zero-order valence-electron chi connectivity index (χ0n) is 13.2. The molecule has 0 aliphatic heterocycles. The molecule has 0 bridgehead atoms. The molecule has 2 aliphatic rings. The molecule has 0 aromatic rings. The van der Waals surface area contributed by atoms with Crippen LogP contribution in [0.25, 0.3) is 0 Å². The van der Waals surface area contributed by atoms with Crippen molar-refractivity contribution in [3.63, 3.8) is 0 Å². The van der Waals surface area contributed by atoms with Gasteiger partial charge in [-0.05, 0) is 31.1 Å². The highest BCUT2D eigenvalue weighted by molar-refractivity contribution is 6.18. The molecule has 2 nitrogen and oxygen atoms in total. The number of halogens is 1. The summed E-state index contributed by atoms with van der Waals surface area (Å²) in [5.74, 6) is 1.17. The Balaban J connectivity index is 2.08. The summed E-state index contributed by atoms with van der Waals surface area (Å²) < 4.78 is 0. The van der Waals surface area contributed by atoms with Crippen molar-refractivity contribution < 1.29 is 4.79 Å². The van der Waals surface area contributed by atoms with Crippen molar-refractivity contribution in [2.24, 2.45) is 11.3 Å². The summed E-state index contributed by atoms with van der Waals surface area (Å²) in [5, 5.41) is 0. The molecule has 20 heavy (non-hydrogen) atoms. The normalized spacial score (nSPS) is 27.2. The van der Waals surface area contributed by atoms with Crippen LogP contribution in [-0.2, 0) is 4.79 Å². The molecule has 1 atom stereocenters. The minimum Gasteiger partial charge on any atom is -0.338 e. The molecule has 3 heteroatoms. The third-order valence-corrected chi connectivity index (χ3v) is 5.60. The van der Waals surface area contributed by atoms with E-state index >= 15 is 0 Å². The van der Waals surface area contributed by atoms with Gasteiger partial charge in [-0.2, -0.15) is 0 Å². The van der Waals surface area contributed by atoms with E-state index in [-0.39, 0.29) is 11.3 Å². The van der Waals surface area contributed by atoms with E-state index in [2.05, 4.69) is 18.7 Å². The lowest BCUT2D eigenvalue weighted by atomic mass is 9.68. The SMILES string of the molecule is CC1(C)CCCCC1C(=O)N(CCCl)C1CCCCC1. The van der Waals surface area contributed by atoms with Gasteiger partial charge in [-0.1, -0.05) is 46.0 Å². The van der Waals surface area contributed by atoms with Gasteiger partial charge in [-0.15, -0.1) is 11.6 Å². The van der Waals surface area contributed by atoms with Crippen LogP contribution in [0.3, 0.4) is 0 Å². The lowest BCUT2D eigenvalue weighted by Crippen LogP contribution is -2.49. The smallest absolute Gasteiger partial charge is 0.226 e. The average Bonchev–Trinajstić information content (AvgIpc) is 2.44. The zero-order chi connectivity index (χ0) is 14.6. The second kappa shape index (κ2) is 7.15. The predicted octanol–water partition coefficient (Wildman–Crippen LogP) is 4.60. The molecule has 116 valence electrons. The van der Waals surface area contributed by atoms with Gasteiger partial charge < -0.3 is 4.90 Å². The summed E-state index contributed by atoms with van der Waals surface area (Å²) in [6.45, 7) is 5.28. The van der Waals surface area contributed by atoms with Gasteiger partial charge in [-0.25, -0.2) is 0 Å². The van der Waals surface area contributed by atoms with Gasteiger partial charge in [0.25, 0.3) is 0 Å². The largest absolute Gasteiger partial charge is 0.338 e. The van der Waals surface area contributed by atoms with Crippen LogP contribution in [0.4, 0.5) is 0 Å². The Kier molecular flexibility index (Phi) is 5.77. The molecule has 2 fully saturated rings. The van der Waals surface area contributed by atoms with Gasteiger partial charge in [0.1, 0.15) is 0 Å². The van der Waals surface area contributed by atoms with Crippen LogP contribution < -0.4 is 0 Å². The monoisotopic (exact) mass is 299 g/mol. The van der Waals surface area contributed by atoms with E-state index in [1.54, 1.807) is 0 Å². The van der Waals surface area contributed by atoms with Crippen molar-refractivity contribution in [2.75, 3.05) is 12.4 Å². The van der Waals surface area contributed by atoms with Gasteiger partial charge in [-0.3, -0.25) is 4.79 Å². The summed E-state index contributed by atoms with van der Waals surface area (Å²) in [6.07, 6.45) is 10.9. The number of rotatable bonds is 4. The number of nitrogens with zero attached hydrogens (tertiary/aromatic N) is 1. The standard InChI is InChI=1S/C17H30ClNO/c1-17(2)11-7-6-10-15(17)16(20)19(13-12-18)14-8-4-3-5-9-14/h14-15H,3-13H2,1-2H3. The van der Waals surface area contributed by atoms with Crippen molar-refractivity contribution in [3.8, 4) is 0 Å². The maximum absolute atomic E-state index is 13.1. The quantitative estimate of drug-likeness (QED) is 0.695. The molecule has 0 heterocycles. The second-order valence-electron chi connectivity index (χ2n) is 7.30. The first-order chi connectivity index (χ1) is 9.56. The molecule has 2 saturated carbocycles. The second-order valence-corrected chi connectivity index (χ2v) is 7.68. The fourth-order valence-electron chi connectivity index (χ4n) is 4.11. The molecule has 0 radical (unpaired) electrons. The summed E-state index contributed by atoms with van der Waals surface area (Å²) in [4.78, 5) is 15.2. The topological polar surface area (TPSA) is 20.3 Å². The van der Waals surface area contributed by atoms with E-state index in [9.17, 15) is 4.79 Å². The first-order valence-corrected chi connectivity index (χ1v) is 8.96. The number of hydrogen-bond acceptors (Lipinski definition) is 1. The molecule has 2 aliphatic carbocycles. The van der Waals surface area contributed by atoms with Crippen LogP contribution in [-0.4, -0.2) is 29.3 Å². The zero-order valence-corrected chi connectivity index (χ0v) is 13.9. The Labute approximate surface area is 129 Å². The van der Waals surface area contributed by atoms with E-state index in [1.807, 2.05) is 0 Å². The molecule has 0 aromatic heterocycles. The highest BCUT2D eigenvalue weighted by Gasteiger charge is 2.40. The predicted molar refractivity (Wildman–Crippen MR) is 85.0 cm³/mol. The molecule has 0 aromatic carbocycles. The number of carbonyl (C=O) groups is 1. The Morgan fingerprint density at radius 1 is 1.10 bits per heavy atom. The third-order valence-electron chi connectivity index (χ3n) is 5.43. The third kappa shape index (κ3) is 3.69. The lowest BCUT2D eigenvalue weighted by molar-refractivity contribution is -0.144. The summed E-state index contributed by atoms with van der Waals surface area (Å²) in [5.41, 5.74) is 0.161. The Hall–Kier alpha value is -0.240. The highest BCUT2D eigenvalue weighted by atomic mass is 35.5. The minimum atomic E-state index is 0.161. The number of alkyl halides is 1. The van der Waals surface area contributed by atoms with Crippen LogP contribution in [0.5, 0.6) is 0 Å². The van der Waals surface area contributed by atoms with Gasteiger partial charge >= 0.3 is 0 Å². The fourth-order valence-corrected chi connectivity index (χ4v) is 4.29. The van der Waals surface area contributed by atoms with Crippen molar-refractivity contribution in [1.82, 2.24) is 4.90 Å². The molecule has 1 amide bonds. The molecule has 2 rings (SSSR count). The van der Waals surface area contributed by atoms with Crippen LogP contribution in [0.15, 0.2) is 0 Å². The van der Waals surface area contributed by atoms with Crippen LogP contribution in [0.1, 0.15) is 71.6 Å². The molecule has 0 saturated heterocycles. The van der Waals surface area contributed by atoms with Gasteiger partial charge in [0.15, 0.2) is 0 Å². The van der Waals surface area contributed by atoms with Gasteiger partial charge in [0.05, 0.1) is 0 Å². The summed E-state index contributed by atoms with van der Waals surface area (Å²) >= 11 is 5.98. The molecular weight excluding hydrogens is 270 g/mol. The Morgan fingerprint density at radius 2 is 1.75 bits per heavy atom. The number of hydrogen-bond donors (Lipinski definition) is 0. The van der Waals surface area contributed by atoms with E-state index in [1.165, 1.54) is 51.4 Å². The van der Waals surface area contributed by atoms with Crippen LogP contribution in [0.2, 0.25) is 0 Å². The molecule has 0 N–H and O–H groups in total. The maximum atomic E-state index is 13.1. The van der Waals surface area contributed by atoms with Gasteiger partial charge in [0.2, 0.25) is 5.91 Å². The van der Waals surface area contributed by atoms with Crippen molar-refractivity contribution >= 4 is 17.5 Å². The summed E-state index contributed by atoms with van der Waals surface area (Å²) in [6, 6.07) is 0.452. The molecular formula is C17H30ClNO. The average molecular weight is 300 g/mol. The van der Waals surface area contributed by atoms with E-state index in [0.717, 1.165) is 13.0 Å². The van der Waals surface area contributed by atoms with Crippen LogP contribution >= 0.6 is 11.6 Å². The maximum Gasteiger partial charge on any atom is 0.226 e. The highest BCUT2D eigenvalue weighted by Crippen LogP contribution is 2.42. The Morgan fingerprint density at radius 3 is 2.35 bits per heavy atom. The van der Waals surface area contributed by atoms with Crippen molar-refractivity contribution in [1.29, 1.82) is 0 Å². The molecule has 0 spiro atoms. The fraction of sp³-hybridized carbons (Fsp3) is 0.941. The number of carbonyl (C=O) groups excluding carboxylic acids is 1.